The molecule has 0 aliphatic carbocycles. The zero-order chi connectivity index (χ0) is 16.8. The molecular weight excluding hydrogens is 298 g/mol. The van der Waals surface area contributed by atoms with E-state index in [2.05, 4.69) is 10.2 Å². The van der Waals surface area contributed by atoms with Crippen LogP contribution < -0.4 is 11.1 Å². The van der Waals surface area contributed by atoms with Crippen molar-refractivity contribution in [2.75, 3.05) is 26.2 Å². The van der Waals surface area contributed by atoms with Gasteiger partial charge in [0.15, 0.2) is 5.78 Å². The molecular formula is C16H27N3O4. The van der Waals surface area contributed by atoms with Crippen LogP contribution in [-0.2, 0) is 19.1 Å². The summed E-state index contributed by atoms with van der Waals surface area (Å²) in [6.07, 6.45) is 3.54. The lowest BCUT2D eigenvalue weighted by Gasteiger charge is -2.23. The summed E-state index contributed by atoms with van der Waals surface area (Å²) in [4.78, 5) is 37.2. The smallest absolute Gasteiger partial charge is 0.220 e. The van der Waals surface area contributed by atoms with Gasteiger partial charge in [-0.2, -0.15) is 0 Å². The number of ketones is 1. The molecule has 2 saturated heterocycles. The number of carbonyl (C=O) groups is 3. The molecule has 23 heavy (non-hydrogen) atoms. The molecule has 7 heteroatoms. The first-order valence-electron chi connectivity index (χ1n) is 8.42. The molecule has 0 spiro atoms. The molecule has 0 aromatic carbocycles. The zero-order valence-corrected chi connectivity index (χ0v) is 13.8. The maximum absolute atomic E-state index is 12.0. The molecule has 2 amide bonds. The second-order valence-electron chi connectivity index (χ2n) is 6.56. The first-order valence-corrected chi connectivity index (χ1v) is 8.42. The number of carbonyl (C=O) groups excluding carboxylic acids is 3. The fourth-order valence-corrected chi connectivity index (χ4v) is 3.09. The highest BCUT2D eigenvalue weighted by Crippen LogP contribution is 2.16. The average Bonchev–Trinajstić information content (AvgIpc) is 3.12. The van der Waals surface area contributed by atoms with Crippen LogP contribution in [0.2, 0.25) is 0 Å². The highest BCUT2D eigenvalue weighted by molar-refractivity contribution is 5.91. The molecule has 2 fully saturated rings. The largest absolute Gasteiger partial charge is 0.369 e. The van der Waals surface area contributed by atoms with Gasteiger partial charge in [-0.3, -0.25) is 14.4 Å². The molecule has 3 unspecified atom stereocenters. The molecule has 0 radical (unpaired) electrons. The van der Waals surface area contributed by atoms with E-state index < -0.39 is 6.04 Å². The molecule has 3 atom stereocenters. The van der Waals surface area contributed by atoms with Gasteiger partial charge < -0.3 is 20.7 Å². The lowest BCUT2D eigenvalue weighted by atomic mass is 10.0. The number of Topliss-reactive ketones (excluding diaryl/α,β-unsaturated/α-hetero) is 1. The number of likely N-dealkylation sites (tertiary alicyclic amines) is 1. The summed E-state index contributed by atoms with van der Waals surface area (Å²) in [5, 5.41) is 2.80. The second-order valence-corrected chi connectivity index (χ2v) is 6.56. The molecule has 2 aliphatic heterocycles. The standard InChI is InChI=1S/C16H27N3O4/c1-11(16(17)22)5-4-6-14(21)18-15-12(20)10-23-13(15)9-19-7-2-3-8-19/h11,13,15H,2-10H2,1H3,(H2,17,22)(H,18,21). The van der Waals surface area contributed by atoms with Gasteiger partial charge in [0.05, 0.1) is 6.10 Å². The van der Waals surface area contributed by atoms with Crippen molar-refractivity contribution in [3.8, 4) is 0 Å². The Bertz CT molecular complexity index is 449. The summed E-state index contributed by atoms with van der Waals surface area (Å²) in [7, 11) is 0. The summed E-state index contributed by atoms with van der Waals surface area (Å²) in [6.45, 7) is 4.57. The number of rotatable bonds is 8. The Morgan fingerprint density at radius 2 is 2.09 bits per heavy atom. The molecule has 7 nitrogen and oxygen atoms in total. The number of hydrogen-bond acceptors (Lipinski definition) is 5. The van der Waals surface area contributed by atoms with Crippen molar-refractivity contribution < 1.29 is 19.1 Å². The van der Waals surface area contributed by atoms with Gasteiger partial charge in [-0.15, -0.1) is 0 Å². The molecule has 0 saturated carbocycles. The van der Waals surface area contributed by atoms with Gasteiger partial charge >= 0.3 is 0 Å². The van der Waals surface area contributed by atoms with E-state index in [0.29, 0.717) is 19.4 Å². The number of nitrogens with zero attached hydrogens (tertiary/aromatic N) is 1. The van der Waals surface area contributed by atoms with Crippen molar-refractivity contribution in [2.45, 2.75) is 51.2 Å². The average molecular weight is 325 g/mol. The maximum Gasteiger partial charge on any atom is 0.220 e. The monoisotopic (exact) mass is 325 g/mol. The minimum atomic E-state index is -0.545. The van der Waals surface area contributed by atoms with Gasteiger partial charge in [0, 0.05) is 18.9 Å². The predicted molar refractivity (Wildman–Crippen MR) is 84.6 cm³/mol. The minimum Gasteiger partial charge on any atom is -0.369 e. The molecule has 2 rings (SSSR count). The van der Waals surface area contributed by atoms with E-state index in [0.717, 1.165) is 13.1 Å². The van der Waals surface area contributed by atoms with Crippen LogP contribution in [0.25, 0.3) is 0 Å². The van der Waals surface area contributed by atoms with Crippen LogP contribution in [0.1, 0.15) is 39.0 Å². The van der Waals surface area contributed by atoms with Crippen molar-refractivity contribution in [1.82, 2.24) is 10.2 Å². The summed E-state index contributed by atoms with van der Waals surface area (Å²) < 4.78 is 5.55. The highest BCUT2D eigenvalue weighted by Gasteiger charge is 2.38. The third kappa shape index (κ3) is 5.28. The molecule has 0 bridgehead atoms. The van der Waals surface area contributed by atoms with E-state index in [-0.39, 0.29) is 42.6 Å². The summed E-state index contributed by atoms with van der Waals surface area (Å²) in [5.41, 5.74) is 5.19. The van der Waals surface area contributed by atoms with E-state index in [4.69, 9.17) is 10.5 Å². The molecule has 2 heterocycles. The summed E-state index contributed by atoms with van der Waals surface area (Å²) >= 11 is 0. The third-order valence-electron chi connectivity index (χ3n) is 4.64. The summed E-state index contributed by atoms with van der Waals surface area (Å²) in [5.74, 6) is -0.817. The van der Waals surface area contributed by atoms with Crippen molar-refractivity contribution in [2.24, 2.45) is 11.7 Å². The number of nitrogens with two attached hydrogens (primary N) is 1. The van der Waals surface area contributed by atoms with Crippen LogP contribution in [0, 0.1) is 5.92 Å². The van der Waals surface area contributed by atoms with Crippen LogP contribution in [0.3, 0.4) is 0 Å². The highest BCUT2D eigenvalue weighted by atomic mass is 16.5. The SMILES string of the molecule is CC(CCCC(=O)NC1C(=O)COC1CN1CCCC1)C(N)=O. The summed E-state index contributed by atoms with van der Waals surface area (Å²) in [6, 6.07) is -0.545. The van der Waals surface area contributed by atoms with Crippen LogP contribution in [0.5, 0.6) is 0 Å². The van der Waals surface area contributed by atoms with Gasteiger partial charge in [-0.25, -0.2) is 0 Å². The second kappa shape index (κ2) is 8.40. The fraction of sp³-hybridized carbons (Fsp3) is 0.812. The van der Waals surface area contributed by atoms with E-state index in [1.807, 2.05) is 0 Å². The number of primary amides is 1. The van der Waals surface area contributed by atoms with E-state index in [1.165, 1.54) is 12.8 Å². The Balaban J connectivity index is 1.75. The van der Waals surface area contributed by atoms with Crippen LogP contribution in [-0.4, -0.2) is 60.9 Å². The van der Waals surface area contributed by atoms with Crippen molar-refractivity contribution in [3.63, 3.8) is 0 Å². The van der Waals surface area contributed by atoms with Crippen LogP contribution >= 0.6 is 0 Å². The molecule has 130 valence electrons. The lowest BCUT2D eigenvalue weighted by molar-refractivity contribution is -0.126. The minimum absolute atomic E-state index is 0.0620. The number of amides is 2. The van der Waals surface area contributed by atoms with Gasteiger partial charge in [0.1, 0.15) is 12.6 Å². The van der Waals surface area contributed by atoms with Gasteiger partial charge in [0.2, 0.25) is 11.8 Å². The Hall–Kier alpha value is -1.47. The number of nitrogens with one attached hydrogen (secondary N) is 1. The molecule has 0 aromatic heterocycles. The van der Waals surface area contributed by atoms with Crippen molar-refractivity contribution >= 4 is 17.6 Å². The Morgan fingerprint density at radius 1 is 1.39 bits per heavy atom. The van der Waals surface area contributed by atoms with Crippen LogP contribution in [0.4, 0.5) is 0 Å². The molecule has 0 aromatic rings. The van der Waals surface area contributed by atoms with E-state index in [1.54, 1.807) is 6.92 Å². The number of ether oxygens (including phenoxy) is 1. The topological polar surface area (TPSA) is 102 Å². The van der Waals surface area contributed by atoms with Crippen molar-refractivity contribution in [1.29, 1.82) is 0 Å². The maximum atomic E-state index is 12.0. The van der Waals surface area contributed by atoms with Crippen LogP contribution in [0.15, 0.2) is 0 Å². The Labute approximate surface area is 136 Å². The number of hydrogen-bond donors (Lipinski definition) is 2. The first kappa shape index (κ1) is 17.9. The zero-order valence-electron chi connectivity index (χ0n) is 13.8. The van der Waals surface area contributed by atoms with Crippen molar-refractivity contribution in [3.05, 3.63) is 0 Å². The molecule has 2 aliphatic rings. The van der Waals surface area contributed by atoms with E-state index in [9.17, 15) is 14.4 Å². The van der Waals surface area contributed by atoms with E-state index >= 15 is 0 Å². The quantitative estimate of drug-likeness (QED) is 0.645. The third-order valence-corrected chi connectivity index (χ3v) is 4.64. The van der Waals surface area contributed by atoms with Gasteiger partial charge in [-0.05, 0) is 38.8 Å². The lowest BCUT2D eigenvalue weighted by Crippen LogP contribution is -2.48. The normalized spacial score (nSPS) is 26.4. The Kier molecular flexibility index (Phi) is 6.53. The first-order chi connectivity index (χ1) is 11.0. The molecule has 3 N–H and O–H groups in total. The van der Waals surface area contributed by atoms with Gasteiger partial charge in [-0.1, -0.05) is 6.92 Å². The Morgan fingerprint density at radius 3 is 2.74 bits per heavy atom. The predicted octanol–water partition coefficient (Wildman–Crippen LogP) is -0.173. The fourth-order valence-electron chi connectivity index (χ4n) is 3.09. The van der Waals surface area contributed by atoms with Gasteiger partial charge in [0.25, 0.3) is 0 Å².